The average molecular weight is 309 g/mol. The molecule has 2 heterocycles. The Kier molecular flexibility index (Phi) is 3.44. The van der Waals surface area contributed by atoms with Crippen LogP contribution in [0.5, 0.6) is 23.0 Å². The number of hydrogen-bond donors (Lipinski definition) is 1. The van der Waals surface area contributed by atoms with Gasteiger partial charge in [0.15, 0.2) is 23.3 Å². The topological polar surface area (TPSA) is 95.8 Å². The van der Waals surface area contributed by atoms with Gasteiger partial charge in [-0.3, -0.25) is 0 Å². The normalized spacial score (nSPS) is 22.0. The molecule has 0 spiro atoms. The molecule has 118 valence electrons. The quantitative estimate of drug-likeness (QED) is 0.902. The summed E-state index contributed by atoms with van der Waals surface area (Å²) in [6, 6.07) is 1.70. The zero-order chi connectivity index (χ0) is 15.9. The average Bonchev–Trinajstić information content (AvgIpc) is 3.10. The maximum absolute atomic E-state index is 11.1. The van der Waals surface area contributed by atoms with Crippen LogP contribution in [0.1, 0.15) is 18.6 Å². The predicted octanol–water partition coefficient (Wildman–Crippen LogP) is 1.58. The number of hydrogen-bond acceptors (Lipinski definition) is 7. The molecule has 0 radical (unpaired) electrons. The van der Waals surface area contributed by atoms with E-state index in [1.54, 1.807) is 13.0 Å². The Bertz CT molecular complexity index is 655. The smallest absolute Gasteiger partial charge is 0.354 e. The fraction of sp³-hybridized carbons (Fsp3) is 0.429. The van der Waals surface area contributed by atoms with Crippen LogP contribution < -0.4 is 18.9 Å². The lowest BCUT2D eigenvalue weighted by Gasteiger charge is -2.20. The SMILES string of the molecule is COc1c([C@H]2ON=C(C(=O)O)[C@H]2C)cc2c(c1OC)OCO2. The summed E-state index contributed by atoms with van der Waals surface area (Å²) in [6.07, 6.45) is -0.607. The molecule has 2 atom stereocenters. The second-order valence-electron chi connectivity index (χ2n) is 4.86. The zero-order valence-corrected chi connectivity index (χ0v) is 12.3. The van der Waals surface area contributed by atoms with E-state index in [4.69, 9.17) is 28.9 Å². The largest absolute Gasteiger partial charge is 0.492 e. The fourth-order valence-electron chi connectivity index (χ4n) is 2.61. The van der Waals surface area contributed by atoms with Crippen molar-refractivity contribution >= 4 is 11.7 Å². The minimum absolute atomic E-state index is 0.0383. The Morgan fingerprint density at radius 1 is 1.32 bits per heavy atom. The fourth-order valence-corrected chi connectivity index (χ4v) is 2.61. The van der Waals surface area contributed by atoms with Gasteiger partial charge in [-0.25, -0.2) is 4.79 Å². The summed E-state index contributed by atoms with van der Waals surface area (Å²) in [7, 11) is 2.98. The van der Waals surface area contributed by atoms with Crippen LogP contribution >= 0.6 is 0 Å². The van der Waals surface area contributed by atoms with Crippen molar-refractivity contribution in [2.45, 2.75) is 13.0 Å². The van der Waals surface area contributed by atoms with Crippen molar-refractivity contribution < 1.29 is 33.7 Å². The number of nitrogens with zero attached hydrogens (tertiary/aromatic N) is 1. The highest BCUT2D eigenvalue weighted by Crippen LogP contribution is 2.52. The highest BCUT2D eigenvalue weighted by atomic mass is 16.7. The van der Waals surface area contributed by atoms with Crippen LogP contribution in [0.4, 0.5) is 0 Å². The minimum Gasteiger partial charge on any atom is -0.492 e. The van der Waals surface area contributed by atoms with Crippen molar-refractivity contribution in [3.63, 3.8) is 0 Å². The number of aliphatic carboxylic acids is 1. The van der Waals surface area contributed by atoms with Gasteiger partial charge in [0.25, 0.3) is 0 Å². The van der Waals surface area contributed by atoms with Gasteiger partial charge < -0.3 is 28.9 Å². The molecule has 1 aromatic rings. The number of fused-ring (bicyclic) bond motifs is 1. The standard InChI is InChI=1S/C14H15NO7/c1-6-9(14(16)17)15-22-10(6)7-4-8-12(21-5-20-8)13(19-3)11(7)18-2/h4,6,10H,5H2,1-3H3,(H,16,17)/t6-,10+/m1/s1. The highest BCUT2D eigenvalue weighted by molar-refractivity contribution is 6.36. The molecule has 22 heavy (non-hydrogen) atoms. The molecule has 1 aromatic carbocycles. The molecule has 1 N–H and O–H groups in total. The predicted molar refractivity (Wildman–Crippen MR) is 73.7 cm³/mol. The number of carbonyl (C=O) groups is 1. The summed E-state index contributed by atoms with van der Waals surface area (Å²) < 4.78 is 21.5. The molecule has 0 saturated carbocycles. The Morgan fingerprint density at radius 2 is 2.05 bits per heavy atom. The summed E-state index contributed by atoms with van der Waals surface area (Å²) in [6.45, 7) is 1.80. The first-order valence-corrected chi connectivity index (χ1v) is 6.60. The van der Waals surface area contributed by atoms with E-state index in [1.807, 2.05) is 0 Å². The number of rotatable bonds is 4. The van der Waals surface area contributed by atoms with Crippen LogP contribution in [0, 0.1) is 5.92 Å². The van der Waals surface area contributed by atoms with Gasteiger partial charge >= 0.3 is 5.97 Å². The Morgan fingerprint density at radius 3 is 2.64 bits per heavy atom. The van der Waals surface area contributed by atoms with Crippen molar-refractivity contribution in [1.29, 1.82) is 0 Å². The summed E-state index contributed by atoms with van der Waals surface area (Å²) >= 11 is 0. The Labute approximate surface area is 126 Å². The van der Waals surface area contributed by atoms with Gasteiger partial charge in [-0.1, -0.05) is 12.1 Å². The lowest BCUT2D eigenvalue weighted by molar-refractivity contribution is -0.129. The van der Waals surface area contributed by atoms with E-state index in [0.717, 1.165) is 0 Å². The van der Waals surface area contributed by atoms with Crippen LogP contribution in [0.25, 0.3) is 0 Å². The Balaban J connectivity index is 2.07. The van der Waals surface area contributed by atoms with Gasteiger partial charge in [0.05, 0.1) is 20.1 Å². The third-order valence-electron chi connectivity index (χ3n) is 3.69. The highest BCUT2D eigenvalue weighted by Gasteiger charge is 2.40. The van der Waals surface area contributed by atoms with Gasteiger partial charge in [-0.15, -0.1) is 0 Å². The van der Waals surface area contributed by atoms with E-state index in [2.05, 4.69) is 5.16 Å². The van der Waals surface area contributed by atoms with Gasteiger partial charge in [0.2, 0.25) is 18.3 Å². The molecule has 0 amide bonds. The molecule has 0 unspecified atom stereocenters. The molecule has 0 bridgehead atoms. The summed E-state index contributed by atoms with van der Waals surface area (Å²) in [4.78, 5) is 16.4. The van der Waals surface area contributed by atoms with Crippen molar-refractivity contribution in [3.8, 4) is 23.0 Å². The van der Waals surface area contributed by atoms with Crippen molar-refractivity contribution in [2.75, 3.05) is 21.0 Å². The van der Waals surface area contributed by atoms with E-state index in [1.165, 1.54) is 14.2 Å². The van der Waals surface area contributed by atoms with Crippen molar-refractivity contribution in [2.24, 2.45) is 11.1 Å². The van der Waals surface area contributed by atoms with E-state index < -0.39 is 18.0 Å². The molecule has 0 saturated heterocycles. The molecule has 0 aliphatic carbocycles. The molecule has 0 aromatic heterocycles. The van der Waals surface area contributed by atoms with E-state index in [-0.39, 0.29) is 12.5 Å². The van der Waals surface area contributed by atoms with Crippen LogP contribution in [0.15, 0.2) is 11.2 Å². The molecular formula is C14H15NO7. The van der Waals surface area contributed by atoms with E-state index in [9.17, 15) is 4.79 Å². The van der Waals surface area contributed by atoms with Crippen LogP contribution in [0.3, 0.4) is 0 Å². The Hall–Kier alpha value is -2.64. The molecule has 8 heteroatoms. The number of ether oxygens (including phenoxy) is 4. The first-order valence-electron chi connectivity index (χ1n) is 6.60. The maximum atomic E-state index is 11.1. The van der Waals surface area contributed by atoms with E-state index >= 15 is 0 Å². The molecule has 3 rings (SSSR count). The molecule has 2 aliphatic rings. The van der Waals surface area contributed by atoms with Gasteiger partial charge in [0, 0.05) is 5.56 Å². The number of carboxylic acid groups (broad SMARTS) is 1. The first-order chi connectivity index (χ1) is 10.6. The van der Waals surface area contributed by atoms with Crippen LogP contribution in [-0.4, -0.2) is 37.8 Å². The van der Waals surface area contributed by atoms with Gasteiger partial charge in [-0.2, -0.15) is 0 Å². The van der Waals surface area contributed by atoms with Crippen molar-refractivity contribution in [3.05, 3.63) is 11.6 Å². The maximum Gasteiger partial charge on any atom is 0.354 e. The first kappa shape index (κ1) is 14.3. The number of benzene rings is 1. The lowest BCUT2D eigenvalue weighted by Crippen LogP contribution is -2.21. The summed E-state index contributed by atoms with van der Waals surface area (Å²) in [5.74, 6) is 0.177. The third kappa shape index (κ3) is 1.99. The molecule has 8 nitrogen and oxygen atoms in total. The van der Waals surface area contributed by atoms with Crippen LogP contribution in [0.2, 0.25) is 0 Å². The number of methoxy groups -OCH3 is 2. The van der Waals surface area contributed by atoms with E-state index in [0.29, 0.717) is 28.6 Å². The summed E-state index contributed by atoms with van der Waals surface area (Å²) in [5, 5.41) is 12.8. The molecule has 0 fully saturated rings. The number of oxime groups is 1. The van der Waals surface area contributed by atoms with Crippen molar-refractivity contribution in [1.82, 2.24) is 0 Å². The molecular weight excluding hydrogens is 294 g/mol. The monoisotopic (exact) mass is 309 g/mol. The zero-order valence-electron chi connectivity index (χ0n) is 12.3. The lowest BCUT2D eigenvalue weighted by atomic mass is 9.92. The van der Waals surface area contributed by atoms with Gasteiger partial charge in [-0.05, 0) is 6.07 Å². The second kappa shape index (κ2) is 5.28. The minimum atomic E-state index is -1.11. The number of carboxylic acids is 1. The molecule has 2 aliphatic heterocycles. The second-order valence-corrected chi connectivity index (χ2v) is 4.86. The van der Waals surface area contributed by atoms with Crippen LogP contribution in [-0.2, 0) is 9.63 Å². The third-order valence-corrected chi connectivity index (χ3v) is 3.69. The summed E-state index contributed by atoms with van der Waals surface area (Å²) in [5.41, 5.74) is 0.555. The van der Waals surface area contributed by atoms with Gasteiger partial charge in [0.1, 0.15) is 0 Å².